The van der Waals surface area contributed by atoms with Crippen molar-refractivity contribution >= 4 is 0 Å². The molecular weight excluding hydrogens is 219 g/mol. The highest BCUT2D eigenvalue weighted by molar-refractivity contribution is 5.27. The van der Waals surface area contributed by atoms with Gasteiger partial charge in [0, 0.05) is 7.11 Å². The topological polar surface area (TPSA) is 47.3 Å². The lowest BCUT2D eigenvalue weighted by Gasteiger charge is -2.33. The molecule has 0 radical (unpaired) electrons. The fraction of sp³-hybridized carbons (Fsp3) is 0.538. The van der Waals surface area contributed by atoms with Gasteiger partial charge in [0.2, 0.25) is 0 Å². The van der Waals surface area contributed by atoms with Crippen molar-refractivity contribution in [2.24, 2.45) is 5.84 Å². The highest BCUT2D eigenvalue weighted by Gasteiger charge is 2.28. The van der Waals surface area contributed by atoms with Crippen LogP contribution in [0.3, 0.4) is 0 Å². The van der Waals surface area contributed by atoms with E-state index in [2.05, 4.69) is 5.43 Å². The molecule has 0 saturated carbocycles. The quantitative estimate of drug-likeness (QED) is 0.610. The molecule has 0 aromatic heterocycles. The van der Waals surface area contributed by atoms with Crippen LogP contribution >= 0.6 is 0 Å². The fourth-order valence-corrected chi connectivity index (χ4v) is 1.76. The van der Waals surface area contributed by atoms with Crippen molar-refractivity contribution in [3.63, 3.8) is 0 Å². The van der Waals surface area contributed by atoms with E-state index in [9.17, 15) is 4.39 Å². The molecule has 0 fully saturated rings. The number of methoxy groups -OCH3 is 1. The lowest BCUT2D eigenvalue weighted by molar-refractivity contribution is -0.0101. The average Bonchev–Trinajstić information content (AvgIpc) is 2.27. The van der Waals surface area contributed by atoms with Gasteiger partial charge in [-0.2, -0.15) is 0 Å². The Morgan fingerprint density at radius 2 is 2.12 bits per heavy atom. The predicted molar refractivity (Wildman–Crippen MR) is 67.0 cm³/mol. The van der Waals surface area contributed by atoms with E-state index in [-0.39, 0.29) is 17.5 Å². The molecule has 1 rings (SSSR count). The Balaban J connectivity index is 2.88. The molecule has 3 N–H and O–H groups in total. The van der Waals surface area contributed by atoms with Crippen molar-refractivity contribution in [1.82, 2.24) is 5.43 Å². The Hall–Kier alpha value is -0.970. The number of halogens is 1. The SMILES string of the molecule is COC(C)(C)C(Cc1ccc(F)cc1C)NN. The summed E-state index contributed by atoms with van der Waals surface area (Å²) in [6, 6.07) is 4.76. The van der Waals surface area contributed by atoms with E-state index >= 15 is 0 Å². The van der Waals surface area contributed by atoms with E-state index in [1.54, 1.807) is 13.2 Å². The summed E-state index contributed by atoms with van der Waals surface area (Å²) in [4.78, 5) is 0. The third-order valence-electron chi connectivity index (χ3n) is 3.30. The number of hydrazine groups is 1. The standard InChI is InChI=1S/C13H21FN2O/c1-9-7-11(14)6-5-10(9)8-12(16-15)13(2,3)17-4/h5-7,12,16H,8,15H2,1-4H3. The number of hydrogen-bond acceptors (Lipinski definition) is 3. The molecule has 17 heavy (non-hydrogen) atoms. The zero-order valence-electron chi connectivity index (χ0n) is 10.9. The number of nitrogens with one attached hydrogen (secondary N) is 1. The molecule has 0 heterocycles. The van der Waals surface area contributed by atoms with Gasteiger partial charge < -0.3 is 4.74 Å². The highest BCUT2D eigenvalue weighted by Crippen LogP contribution is 2.20. The van der Waals surface area contributed by atoms with Crippen LogP contribution < -0.4 is 11.3 Å². The van der Waals surface area contributed by atoms with Crippen molar-refractivity contribution in [2.45, 2.75) is 38.8 Å². The molecule has 3 nitrogen and oxygen atoms in total. The van der Waals surface area contributed by atoms with Gasteiger partial charge in [0.25, 0.3) is 0 Å². The monoisotopic (exact) mass is 240 g/mol. The Labute approximate surface area is 102 Å². The first kappa shape index (κ1) is 14.1. The highest BCUT2D eigenvalue weighted by atomic mass is 19.1. The Morgan fingerprint density at radius 1 is 1.47 bits per heavy atom. The number of rotatable bonds is 5. The summed E-state index contributed by atoms with van der Waals surface area (Å²) in [7, 11) is 1.65. The molecule has 1 aromatic carbocycles. The summed E-state index contributed by atoms with van der Waals surface area (Å²) in [5.41, 5.74) is 4.38. The molecule has 0 spiro atoms. The van der Waals surface area contributed by atoms with Crippen LogP contribution in [0.1, 0.15) is 25.0 Å². The van der Waals surface area contributed by atoms with E-state index in [4.69, 9.17) is 10.6 Å². The molecule has 0 bridgehead atoms. The van der Waals surface area contributed by atoms with Gasteiger partial charge in [-0.3, -0.25) is 11.3 Å². The third kappa shape index (κ3) is 3.49. The van der Waals surface area contributed by atoms with E-state index in [0.29, 0.717) is 6.42 Å². The van der Waals surface area contributed by atoms with Gasteiger partial charge in [-0.05, 0) is 50.5 Å². The van der Waals surface area contributed by atoms with Crippen LogP contribution in [0.5, 0.6) is 0 Å². The van der Waals surface area contributed by atoms with Gasteiger partial charge >= 0.3 is 0 Å². The second-order valence-corrected chi connectivity index (χ2v) is 4.80. The van der Waals surface area contributed by atoms with Crippen molar-refractivity contribution in [2.75, 3.05) is 7.11 Å². The summed E-state index contributed by atoms with van der Waals surface area (Å²) in [5.74, 6) is 5.34. The van der Waals surface area contributed by atoms with Gasteiger partial charge in [-0.25, -0.2) is 4.39 Å². The van der Waals surface area contributed by atoms with Crippen molar-refractivity contribution in [3.05, 3.63) is 35.1 Å². The average molecular weight is 240 g/mol. The molecule has 0 aliphatic rings. The van der Waals surface area contributed by atoms with E-state index in [1.807, 2.05) is 20.8 Å². The van der Waals surface area contributed by atoms with Crippen LogP contribution in [0.25, 0.3) is 0 Å². The van der Waals surface area contributed by atoms with Crippen molar-refractivity contribution in [1.29, 1.82) is 0 Å². The van der Waals surface area contributed by atoms with E-state index < -0.39 is 0 Å². The Kier molecular flexibility index (Phi) is 4.62. The summed E-state index contributed by atoms with van der Waals surface area (Å²) in [6.07, 6.45) is 0.698. The molecular formula is C13H21FN2O. The summed E-state index contributed by atoms with van der Waals surface area (Å²) in [6.45, 7) is 5.83. The predicted octanol–water partition coefficient (Wildman–Crippen LogP) is 1.93. The van der Waals surface area contributed by atoms with Crippen LogP contribution in [-0.2, 0) is 11.2 Å². The molecule has 0 amide bonds. The van der Waals surface area contributed by atoms with Crippen molar-refractivity contribution in [3.8, 4) is 0 Å². The first-order valence-corrected chi connectivity index (χ1v) is 5.67. The fourth-order valence-electron chi connectivity index (χ4n) is 1.76. The zero-order valence-corrected chi connectivity index (χ0v) is 10.9. The minimum absolute atomic E-state index is 0.0309. The number of aryl methyl sites for hydroxylation is 1. The zero-order chi connectivity index (χ0) is 13.1. The number of ether oxygens (including phenoxy) is 1. The van der Waals surface area contributed by atoms with Gasteiger partial charge in [0.1, 0.15) is 5.82 Å². The third-order valence-corrected chi connectivity index (χ3v) is 3.30. The van der Waals surface area contributed by atoms with Crippen LogP contribution in [-0.4, -0.2) is 18.8 Å². The minimum Gasteiger partial charge on any atom is -0.377 e. The Bertz CT molecular complexity index is 380. The molecule has 1 unspecified atom stereocenters. The van der Waals surface area contributed by atoms with Crippen LogP contribution in [0.15, 0.2) is 18.2 Å². The second kappa shape index (κ2) is 5.58. The molecule has 4 heteroatoms. The van der Waals surface area contributed by atoms with E-state index in [0.717, 1.165) is 11.1 Å². The first-order valence-electron chi connectivity index (χ1n) is 5.67. The maximum absolute atomic E-state index is 13.0. The van der Waals surface area contributed by atoms with Gasteiger partial charge in [0.05, 0.1) is 11.6 Å². The summed E-state index contributed by atoms with van der Waals surface area (Å²) in [5, 5.41) is 0. The molecule has 1 aromatic rings. The Morgan fingerprint density at radius 3 is 2.59 bits per heavy atom. The van der Waals surface area contributed by atoms with E-state index in [1.165, 1.54) is 12.1 Å². The van der Waals surface area contributed by atoms with Crippen LogP contribution in [0.4, 0.5) is 4.39 Å². The maximum atomic E-state index is 13.0. The second-order valence-electron chi connectivity index (χ2n) is 4.80. The molecule has 0 aliphatic heterocycles. The van der Waals surface area contributed by atoms with Crippen LogP contribution in [0, 0.1) is 12.7 Å². The van der Waals surface area contributed by atoms with Gasteiger partial charge in [-0.1, -0.05) is 6.07 Å². The maximum Gasteiger partial charge on any atom is 0.123 e. The smallest absolute Gasteiger partial charge is 0.123 e. The lowest BCUT2D eigenvalue weighted by atomic mass is 9.91. The largest absolute Gasteiger partial charge is 0.377 e. The lowest BCUT2D eigenvalue weighted by Crippen LogP contribution is -2.52. The van der Waals surface area contributed by atoms with Gasteiger partial charge in [0.15, 0.2) is 0 Å². The molecule has 96 valence electrons. The summed E-state index contributed by atoms with van der Waals surface area (Å²) < 4.78 is 18.4. The van der Waals surface area contributed by atoms with Crippen molar-refractivity contribution < 1.29 is 9.13 Å². The molecule has 0 saturated heterocycles. The number of hydrogen-bond donors (Lipinski definition) is 2. The molecule has 0 aliphatic carbocycles. The van der Waals surface area contributed by atoms with Crippen LogP contribution in [0.2, 0.25) is 0 Å². The number of benzene rings is 1. The molecule has 1 atom stereocenters. The minimum atomic E-state index is -0.379. The first-order chi connectivity index (χ1) is 7.90. The van der Waals surface area contributed by atoms with Gasteiger partial charge in [-0.15, -0.1) is 0 Å². The normalized spacial score (nSPS) is 13.8. The number of nitrogens with two attached hydrogens (primary N) is 1. The summed E-state index contributed by atoms with van der Waals surface area (Å²) >= 11 is 0.